The maximum Gasteiger partial charge on any atom is 0.119 e. The van der Waals surface area contributed by atoms with Crippen molar-refractivity contribution in [3.8, 4) is 5.75 Å². The van der Waals surface area contributed by atoms with E-state index in [4.69, 9.17) is 10.5 Å². The summed E-state index contributed by atoms with van der Waals surface area (Å²) in [4.78, 5) is 0. The fourth-order valence-corrected chi connectivity index (χ4v) is 2.94. The Balaban J connectivity index is 2.06. The van der Waals surface area contributed by atoms with Gasteiger partial charge in [-0.05, 0) is 37.1 Å². The van der Waals surface area contributed by atoms with Crippen LogP contribution in [0.4, 0.5) is 5.69 Å². The summed E-state index contributed by atoms with van der Waals surface area (Å²) in [5, 5.41) is 3.68. The van der Waals surface area contributed by atoms with Crippen molar-refractivity contribution in [2.75, 3.05) is 19.0 Å². The number of nitrogens with one attached hydrogen (secondary N) is 1. The molecule has 0 saturated heterocycles. The predicted molar refractivity (Wildman–Crippen MR) is 80.7 cm³/mol. The van der Waals surface area contributed by atoms with E-state index in [1.54, 1.807) is 7.11 Å². The van der Waals surface area contributed by atoms with Gasteiger partial charge in [0.05, 0.1) is 7.11 Å². The Labute approximate surface area is 116 Å². The van der Waals surface area contributed by atoms with Gasteiger partial charge < -0.3 is 15.8 Å². The van der Waals surface area contributed by atoms with E-state index in [0.29, 0.717) is 6.54 Å². The summed E-state index contributed by atoms with van der Waals surface area (Å²) < 4.78 is 5.19. The number of methoxy groups -OCH3 is 1. The molecule has 0 heterocycles. The van der Waals surface area contributed by atoms with Gasteiger partial charge in [-0.1, -0.05) is 32.1 Å². The molecule has 1 aromatic carbocycles. The normalized spacial score (nSPS) is 19.3. The molecule has 0 atom stereocenters. The third-order valence-corrected chi connectivity index (χ3v) is 4.20. The molecular formula is C16H26N2O. The molecule has 1 saturated carbocycles. The molecule has 19 heavy (non-hydrogen) atoms. The van der Waals surface area contributed by atoms with Gasteiger partial charge in [-0.25, -0.2) is 0 Å². The Kier molecular flexibility index (Phi) is 5.08. The summed E-state index contributed by atoms with van der Waals surface area (Å²) in [6.45, 7) is 0.707. The molecule has 3 heteroatoms. The summed E-state index contributed by atoms with van der Waals surface area (Å²) >= 11 is 0. The summed E-state index contributed by atoms with van der Waals surface area (Å²) in [5.74, 6) is 0.894. The Morgan fingerprint density at radius 2 is 1.63 bits per heavy atom. The van der Waals surface area contributed by atoms with Crippen molar-refractivity contribution in [2.45, 2.75) is 50.5 Å². The van der Waals surface area contributed by atoms with Crippen LogP contribution < -0.4 is 15.8 Å². The maximum atomic E-state index is 6.08. The van der Waals surface area contributed by atoms with Crippen LogP contribution in [0.1, 0.15) is 44.9 Å². The minimum absolute atomic E-state index is 0.0784. The van der Waals surface area contributed by atoms with Crippen molar-refractivity contribution in [2.24, 2.45) is 5.73 Å². The topological polar surface area (TPSA) is 47.3 Å². The minimum Gasteiger partial charge on any atom is -0.497 e. The monoisotopic (exact) mass is 262 g/mol. The molecular weight excluding hydrogens is 236 g/mol. The van der Waals surface area contributed by atoms with Crippen LogP contribution in [0.15, 0.2) is 24.3 Å². The van der Waals surface area contributed by atoms with Crippen molar-refractivity contribution in [3.05, 3.63) is 24.3 Å². The zero-order chi connectivity index (χ0) is 13.6. The summed E-state index contributed by atoms with van der Waals surface area (Å²) in [5.41, 5.74) is 7.30. The van der Waals surface area contributed by atoms with Crippen molar-refractivity contribution >= 4 is 5.69 Å². The highest BCUT2D eigenvalue weighted by atomic mass is 16.5. The zero-order valence-corrected chi connectivity index (χ0v) is 12.0. The summed E-state index contributed by atoms with van der Waals surface area (Å²) in [6.07, 6.45) is 8.97. The third-order valence-electron chi connectivity index (χ3n) is 4.20. The zero-order valence-electron chi connectivity index (χ0n) is 12.0. The van der Waals surface area contributed by atoms with Crippen molar-refractivity contribution in [3.63, 3.8) is 0 Å². The first kappa shape index (κ1) is 14.2. The van der Waals surface area contributed by atoms with Gasteiger partial charge in [0.1, 0.15) is 5.75 Å². The first-order valence-electron chi connectivity index (χ1n) is 7.40. The molecule has 0 amide bonds. The largest absolute Gasteiger partial charge is 0.497 e. The highest BCUT2D eigenvalue weighted by Gasteiger charge is 2.28. The molecule has 3 N–H and O–H groups in total. The van der Waals surface area contributed by atoms with Gasteiger partial charge in [0.25, 0.3) is 0 Å². The van der Waals surface area contributed by atoms with Gasteiger partial charge in [-0.15, -0.1) is 0 Å². The lowest BCUT2D eigenvalue weighted by Gasteiger charge is -2.36. The number of benzene rings is 1. The second-order valence-corrected chi connectivity index (χ2v) is 5.61. The number of hydrogen-bond acceptors (Lipinski definition) is 3. The smallest absolute Gasteiger partial charge is 0.119 e. The SMILES string of the molecule is COc1ccc(NC2(CN)CCCCCCC2)cc1. The van der Waals surface area contributed by atoms with Crippen LogP contribution in [0.25, 0.3) is 0 Å². The minimum atomic E-state index is 0.0784. The highest BCUT2D eigenvalue weighted by molar-refractivity contribution is 5.48. The first-order chi connectivity index (χ1) is 9.28. The Morgan fingerprint density at radius 3 is 2.16 bits per heavy atom. The second kappa shape index (κ2) is 6.80. The number of ether oxygens (including phenoxy) is 1. The first-order valence-corrected chi connectivity index (χ1v) is 7.40. The third kappa shape index (κ3) is 3.87. The molecule has 0 aliphatic heterocycles. The lowest BCUT2D eigenvalue weighted by Crippen LogP contribution is -2.45. The van der Waals surface area contributed by atoms with Crippen LogP contribution in [-0.4, -0.2) is 19.2 Å². The maximum absolute atomic E-state index is 6.08. The van der Waals surface area contributed by atoms with E-state index < -0.39 is 0 Å². The van der Waals surface area contributed by atoms with E-state index in [2.05, 4.69) is 17.4 Å². The van der Waals surface area contributed by atoms with Crippen LogP contribution >= 0.6 is 0 Å². The number of hydrogen-bond donors (Lipinski definition) is 2. The molecule has 0 radical (unpaired) electrons. The average Bonchev–Trinajstić information content (AvgIpc) is 2.43. The fraction of sp³-hybridized carbons (Fsp3) is 0.625. The van der Waals surface area contributed by atoms with Crippen LogP contribution in [-0.2, 0) is 0 Å². The van der Waals surface area contributed by atoms with Crippen LogP contribution in [0.3, 0.4) is 0 Å². The van der Waals surface area contributed by atoms with Crippen LogP contribution in [0.2, 0.25) is 0 Å². The lowest BCUT2D eigenvalue weighted by molar-refractivity contribution is 0.351. The van der Waals surface area contributed by atoms with Gasteiger partial charge in [-0.2, -0.15) is 0 Å². The van der Waals surface area contributed by atoms with Gasteiger partial charge >= 0.3 is 0 Å². The molecule has 0 spiro atoms. The molecule has 2 rings (SSSR count). The Morgan fingerprint density at radius 1 is 1.05 bits per heavy atom. The summed E-state index contributed by atoms with van der Waals surface area (Å²) in [6, 6.07) is 8.15. The Bertz CT molecular complexity index is 367. The van der Waals surface area contributed by atoms with Crippen molar-refractivity contribution < 1.29 is 4.74 Å². The van der Waals surface area contributed by atoms with Gasteiger partial charge in [0, 0.05) is 17.8 Å². The number of nitrogens with two attached hydrogens (primary N) is 1. The van der Waals surface area contributed by atoms with Gasteiger partial charge in [0.15, 0.2) is 0 Å². The molecule has 3 nitrogen and oxygen atoms in total. The molecule has 1 aromatic rings. The fourth-order valence-electron chi connectivity index (χ4n) is 2.94. The molecule has 1 fully saturated rings. The molecule has 0 bridgehead atoms. The van der Waals surface area contributed by atoms with Crippen LogP contribution in [0.5, 0.6) is 5.75 Å². The van der Waals surface area contributed by atoms with Crippen LogP contribution in [0, 0.1) is 0 Å². The molecule has 1 aliphatic carbocycles. The van der Waals surface area contributed by atoms with E-state index in [1.807, 2.05) is 12.1 Å². The Hall–Kier alpha value is -1.22. The second-order valence-electron chi connectivity index (χ2n) is 5.61. The van der Waals surface area contributed by atoms with E-state index in [0.717, 1.165) is 11.4 Å². The van der Waals surface area contributed by atoms with E-state index in [9.17, 15) is 0 Å². The quantitative estimate of drug-likeness (QED) is 0.872. The van der Waals surface area contributed by atoms with E-state index >= 15 is 0 Å². The molecule has 0 unspecified atom stereocenters. The standard InChI is InChI=1S/C16H26N2O/c1-19-15-9-7-14(8-10-15)18-16(13-17)11-5-3-2-4-6-12-16/h7-10,18H,2-6,11-13,17H2,1H3. The van der Waals surface area contributed by atoms with Crippen molar-refractivity contribution in [1.82, 2.24) is 0 Å². The predicted octanol–water partition coefficient (Wildman–Crippen LogP) is 3.55. The molecule has 106 valence electrons. The van der Waals surface area contributed by atoms with E-state index in [-0.39, 0.29) is 5.54 Å². The van der Waals surface area contributed by atoms with Gasteiger partial charge in [0.2, 0.25) is 0 Å². The van der Waals surface area contributed by atoms with Gasteiger partial charge in [-0.3, -0.25) is 0 Å². The molecule has 1 aliphatic rings. The summed E-state index contributed by atoms with van der Waals surface area (Å²) in [7, 11) is 1.69. The number of rotatable bonds is 4. The van der Waals surface area contributed by atoms with E-state index in [1.165, 1.54) is 44.9 Å². The average molecular weight is 262 g/mol. The lowest BCUT2D eigenvalue weighted by atomic mass is 9.83. The van der Waals surface area contributed by atoms with Crippen molar-refractivity contribution in [1.29, 1.82) is 0 Å². The highest BCUT2D eigenvalue weighted by Crippen LogP contribution is 2.29. The molecule has 0 aromatic heterocycles. The number of anilines is 1.